The van der Waals surface area contributed by atoms with Crippen molar-refractivity contribution >= 4 is 33.8 Å². The van der Waals surface area contributed by atoms with E-state index in [0.717, 1.165) is 47.2 Å². The molecule has 0 bridgehead atoms. The monoisotopic (exact) mass is 381 g/mol. The summed E-state index contributed by atoms with van der Waals surface area (Å²) in [6.07, 6.45) is 5.70. The highest BCUT2D eigenvalue weighted by atomic mass is 16.2. The number of hydrogen-bond acceptors (Lipinski definition) is 2. The van der Waals surface area contributed by atoms with Gasteiger partial charge in [0.2, 0.25) is 5.91 Å². The number of aromatic nitrogens is 2. The van der Waals surface area contributed by atoms with Crippen LogP contribution in [0.25, 0.3) is 27.9 Å². The van der Waals surface area contributed by atoms with E-state index in [-0.39, 0.29) is 11.8 Å². The van der Waals surface area contributed by atoms with Crippen molar-refractivity contribution in [3.63, 3.8) is 0 Å². The Kier molecular flexibility index (Phi) is 4.60. The summed E-state index contributed by atoms with van der Waals surface area (Å²) in [7, 11) is 0. The molecule has 4 aromatic rings. The number of para-hydroxylation sites is 2. The number of nitrogens with zero attached hydrogens (tertiary/aromatic N) is 2. The molecule has 2 heterocycles. The molecular weight excluding hydrogens is 358 g/mol. The molecule has 1 unspecified atom stereocenters. The highest BCUT2D eigenvalue weighted by molar-refractivity contribution is 5.96. The first-order valence-corrected chi connectivity index (χ1v) is 10.2. The lowest BCUT2D eigenvalue weighted by atomic mass is 9.97. The summed E-state index contributed by atoms with van der Waals surface area (Å²) >= 11 is 0. The predicted molar refractivity (Wildman–Crippen MR) is 118 cm³/mol. The summed E-state index contributed by atoms with van der Waals surface area (Å²) in [6, 6.07) is 22.5. The van der Waals surface area contributed by atoms with Crippen LogP contribution in [-0.4, -0.2) is 33.9 Å². The van der Waals surface area contributed by atoms with Crippen LogP contribution in [0.3, 0.4) is 0 Å². The Balaban J connectivity index is 1.33. The highest BCUT2D eigenvalue weighted by Gasteiger charge is 2.25. The van der Waals surface area contributed by atoms with E-state index < -0.39 is 0 Å². The van der Waals surface area contributed by atoms with Crippen molar-refractivity contribution in [2.75, 3.05) is 13.1 Å². The van der Waals surface area contributed by atoms with Crippen LogP contribution in [0, 0.1) is 0 Å². The summed E-state index contributed by atoms with van der Waals surface area (Å²) in [4.78, 5) is 23.0. The number of carbonyl (C=O) groups is 1. The van der Waals surface area contributed by atoms with Crippen LogP contribution in [0.4, 0.5) is 0 Å². The molecule has 144 valence electrons. The number of rotatable bonds is 3. The number of carbonyl (C=O) groups excluding carboxylic acids is 1. The van der Waals surface area contributed by atoms with Gasteiger partial charge in [-0.15, -0.1) is 0 Å². The maximum absolute atomic E-state index is 12.9. The van der Waals surface area contributed by atoms with Crippen molar-refractivity contribution < 1.29 is 4.79 Å². The van der Waals surface area contributed by atoms with E-state index in [9.17, 15) is 4.79 Å². The van der Waals surface area contributed by atoms with E-state index in [1.54, 1.807) is 6.08 Å². The van der Waals surface area contributed by atoms with Gasteiger partial charge in [-0.3, -0.25) is 4.79 Å². The number of nitrogens with one attached hydrogen (secondary N) is 1. The van der Waals surface area contributed by atoms with Crippen molar-refractivity contribution in [3.8, 4) is 0 Å². The number of hydrogen-bond donors (Lipinski definition) is 1. The molecule has 0 saturated carbocycles. The topological polar surface area (TPSA) is 49.0 Å². The zero-order valence-electron chi connectivity index (χ0n) is 16.2. The second-order valence-electron chi connectivity index (χ2n) is 7.66. The fourth-order valence-electron chi connectivity index (χ4n) is 4.23. The lowest BCUT2D eigenvalue weighted by molar-refractivity contribution is -0.127. The predicted octanol–water partition coefficient (Wildman–Crippen LogP) is 5.14. The molecule has 0 spiro atoms. The third-order valence-corrected chi connectivity index (χ3v) is 5.76. The zero-order valence-corrected chi connectivity index (χ0v) is 16.2. The largest absolute Gasteiger partial charge is 0.342 e. The summed E-state index contributed by atoms with van der Waals surface area (Å²) in [6.45, 7) is 1.51. The number of fused-ring (bicyclic) bond motifs is 2. The number of imidazole rings is 1. The van der Waals surface area contributed by atoms with Crippen LogP contribution in [0.15, 0.2) is 72.8 Å². The van der Waals surface area contributed by atoms with Crippen molar-refractivity contribution in [1.29, 1.82) is 0 Å². The van der Waals surface area contributed by atoms with E-state index in [1.165, 1.54) is 5.39 Å². The minimum atomic E-state index is 0.0683. The van der Waals surface area contributed by atoms with E-state index in [2.05, 4.69) is 29.2 Å². The van der Waals surface area contributed by atoms with Crippen molar-refractivity contribution in [3.05, 3.63) is 84.2 Å². The zero-order chi connectivity index (χ0) is 19.6. The molecule has 1 aliphatic heterocycles. The third-order valence-electron chi connectivity index (χ3n) is 5.76. The summed E-state index contributed by atoms with van der Waals surface area (Å²) in [5.74, 6) is 1.31. The minimum Gasteiger partial charge on any atom is -0.342 e. The average Bonchev–Trinajstić information content (AvgIpc) is 3.22. The maximum Gasteiger partial charge on any atom is 0.246 e. The Hall–Kier alpha value is -3.40. The smallest absolute Gasteiger partial charge is 0.246 e. The Labute approximate surface area is 169 Å². The van der Waals surface area contributed by atoms with Crippen molar-refractivity contribution in [1.82, 2.24) is 14.9 Å². The molecule has 0 aliphatic carbocycles. The van der Waals surface area contributed by atoms with Crippen molar-refractivity contribution in [2.24, 2.45) is 0 Å². The summed E-state index contributed by atoms with van der Waals surface area (Å²) < 4.78 is 0. The van der Waals surface area contributed by atoms with Crippen LogP contribution in [0.1, 0.15) is 30.1 Å². The lowest BCUT2D eigenvalue weighted by Crippen LogP contribution is -2.38. The molecule has 4 nitrogen and oxygen atoms in total. The molecule has 0 radical (unpaired) electrons. The van der Waals surface area contributed by atoms with Crippen LogP contribution >= 0.6 is 0 Å². The van der Waals surface area contributed by atoms with Gasteiger partial charge in [-0.2, -0.15) is 0 Å². The Bertz CT molecular complexity index is 1170. The molecular formula is C25H23N3O. The highest BCUT2D eigenvalue weighted by Crippen LogP contribution is 2.27. The van der Waals surface area contributed by atoms with Crippen molar-refractivity contribution in [2.45, 2.75) is 18.8 Å². The maximum atomic E-state index is 12.9. The van der Waals surface area contributed by atoms with E-state index in [4.69, 9.17) is 4.98 Å². The van der Waals surface area contributed by atoms with Gasteiger partial charge in [0.15, 0.2) is 0 Å². The molecule has 3 aromatic carbocycles. The molecule has 1 aliphatic rings. The second-order valence-corrected chi connectivity index (χ2v) is 7.66. The third kappa shape index (κ3) is 3.54. The van der Waals surface area contributed by atoms with E-state index >= 15 is 0 Å². The van der Waals surface area contributed by atoms with Gasteiger partial charge in [0.1, 0.15) is 5.82 Å². The van der Waals surface area contributed by atoms with Crippen LogP contribution in [0.5, 0.6) is 0 Å². The van der Waals surface area contributed by atoms with Gasteiger partial charge in [-0.1, -0.05) is 54.6 Å². The molecule has 1 amide bonds. The summed E-state index contributed by atoms with van der Waals surface area (Å²) in [5.41, 5.74) is 3.12. The second kappa shape index (κ2) is 7.55. The molecule has 1 fully saturated rings. The van der Waals surface area contributed by atoms with Crippen LogP contribution < -0.4 is 0 Å². The van der Waals surface area contributed by atoms with Gasteiger partial charge < -0.3 is 9.88 Å². The van der Waals surface area contributed by atoms with E-state index in [1.807, 2.05) is 53.4 Å². The molecule has 29 heavy (non-hydrogen) atoms. The first-order chi connectivity index (χ1) is 14.3. The van der Waals surface area contributed by atoms with Gasteiger partial charge >= 0.3 is 0 Å². The Morgan fingerprint density at radius 1 is 1.03 bits per heavy atom. The Morgan fingerprint density at radius 3 is 2.79 bits per heavy atom. The van der Waals surface area contributed by atoms with Gasteiger partial charge in [0.05, 0.1) is 11.0 Å². The minimum absolute atomic E-state index is 0.0683. The normalized spacial score (nSPS) is 17.4. The standard InChI is InChI=1S/C25H23N3O/c29-24(15-14-19-9-5-8-18-7-1-2-11-21(18)19)28-16-6-10-20(17-28)25-26-22-12-3-4-13-23(22)27-25/h1-5,7-9,11-15,20H,6,10,16-17H2,(H,26,27)/b15-14+. The quantitative estimate of drug-likeness (QED) is 0.500. The number of H-pyrrole nitrogens is 1. The number of piperidine rings is 1. The molecule has 1 atom stereocenters. The fraction of sp³-hybridized carbons (Fsp3) is 0.200. The van der Waals surface area contributed by atoms with Gasteiger partial charge in [-0.05, 0) is 47.4 Å². The molecule has 1 aromatic heterocycles. The lowest BCUT2D eigenvalue weighted by Gasteiger charge is -2.31. The van der Waals surface area contributed by atoms with Gasteiger partial charge in [0, 0.05) is 25.1 Å². The first-order valence-electron chi connectivity index (χ1n) is 10.2. The number of benzene rings is 3. The van der Waals surface area contributed by atoms with E-state index in [0.29, 0.717) is 6.54 Å². The SMILES string of the molecule is O=C(/C=C/c1cccc2ccccc12)N1CCCC(c2nc3ccccc3[nH]2)C1. The molecule has 1 N–H and O–H groups in total. The van der Waals surface area contributed by atoms with Gasteiger partial charge in [-0.25, -0.2) is 4.98 Å². The van der Waals surface area contributed by atoms with Crippen LogP contribution in [0.2, 0.25) is 0 Å². The molecule has 1 saturated heterocycles. The van der Waals surface area contributed by atoms with Crippen LogP contribution in [-0.2, 0) is 4.79 Å². The van der Waals surface area contributed by atoms with Gasteiger partial charge in [0.25, 0.3) is 0 Å². The molecule has 5 rings (SSSR count). The average molecular weight is 381 g/mol. The number of aromatic amines is 1. The number of amides is 1. The first kappa shape index (κ1) is 17.7. The summed E-state index contributed by atoms with van der Waals surface area (Å²) in [5, 5.41) is 2.35. The molecule has 4 heteroatoms. The number of likely N-dealkylation sites (tertiary alicyclic amines) is 1. The Morgan fingerprint density at radius 2 is 1.86 bits per heavy atom. The fourth-order valence-corrected chi connectivity index (χ4v) is 4.23.